The summed E-state index contributed by atoms with van der Waals surface area (Å²) < 4.78 is 3.04. The quantitative estimate of drug-likeness (QED) is 0.877. The zero-order valence-electron chi connectivity index (χ0n) is 10.4. The van der Waals surface area contributed by atoms with Crippen LogP contribution in [0.2, 0.25) is 0 Å². The van der Waals surface area contributed by atoms with Gasteiger partial charge in [-0.15, -0.1) is 0 Å². The Morgan fingerprint density at radius 2 is 2.21 bits per heavy atom. The van der Waals surface area contributed by atoms with Gasteiger partial charge in [-0.25, -0.2) is 4.98 Å². The molecule has 0 aliphatic carbocycles. The van der Waals surface area contributed by atoms with Crippen LogP contribution in [0.25, 0.3) is 0 Å². The molecule has 100 valence electrons. The van der Waals surface area contributed by atoms with Gasteiger partial charge in [0.1, 0.15) is 5.82 Å². The molecule has 0 aliphatic heterocycles. The summed E-state index contributed by atoms with van der Waals surface area (Å²) in [7, 11) is 0. The van der Waals surface area contributed by atoms with Crippen molar-refractivity contribution in [2.45, 2.75) is 13.5 Å². The van der Waals surface area contributed by atoms with Crippen LogP contribution in [0, 0.1) is 0 Å². The number of anilines is 1. The van der Waals surface area contributed by atoms with Gasteiger partial charge >= 0.3 is 0 Å². The molecular weight excluding hydrogens is 374 g/mol. The van der Waals surface area contributed by atoms with Gasteiger partial charge in [0.25, 0.3) is 5.56 Å². The number of hydrogen-bond donors (Lipinski definition) is 1. The lowest BCUT2D eigenvalue weighted by Gasteiger charge is -2.11. The number of aromatic nitrogens is 2. The van der Waals surface area contributed by atoms with Crippen molar-refractivity contribution in [3.05, 3.63) is 55.5 Å². The zero-order chi connectivity index (χ0) is 13.8. The highest BCUT2D eigenvalue weighted by atomic mass is 79.9. The first kappa shape index (κ1) is 14.3. The minimum atomic E-state index is -0.0606. The molecule has 0 aromatic carbocycles. The monoisotopic (exact) mass is 385 g/mol. The normalized spacial score (nSPS) is 10.5. The summed E-state index contributed by atoms with van der Waals surface area (Å²) in [6.45, 7) is 3.29. The molecule has 2 rings (SSSR count). The molecule has 2 aromatic rings. The molecule has 0 spiro atoms. The van der Waals surface area contributed by atoms with Crippen LogP contribution in [0.1, 0.15) is 12.5 Å². The standard InChI is InChI=1S/C13H13Br2N3O/c1-2-16-12-9(4-3-5-17-12)7-18-8-10(14)6-11(15)13(18)19/h3-6,8H,2,7H2,1H3,(H,16,17). The highest BCUT2D eigenvalue weighted by molar-refractivity contribution is 9.11. The first-order chi connectivity index (χ1) is 9.11. The maximum absolute atomic E-state index is 12.0. The summed E-state index contributed by atoms with van der Waals surface area (Å²) >= 11 is 6.65. The number of nitrogens with zero attached hydrogens (tertiary/aromatic N) is 2. The van der Waals surface area contributed by atoms with Crippen molar-refractivity contribution < 1.29 is 0 Å². The van der Waals surface area contributed by atoms with Crippen molar-refractivity contribution in [3.8, 4) is 0 Å². The molecule has 0 fully saturated rings. The Morgan fingerprint density at radius 3 is 2.95 bits per heavy atom. The first-order valence-electron chi connectivity index (χ1n) is 5.85. The van der Waals surface area contributed by atoms with E-state index < -0.39 is 0 Å². The predicted octanol–water partition coefficient (Wildman–Crippen LogP) is 3.25. The van der Waals surface area contributed by atoms with Crippen LogP contribution in [-0.2, 0) is 6.54 Å². The molecule has 0 saturated heterocycles. The zero-order valence-corrected chi connectivity index (χ0v) is 13.5. The SMILES string of the molecule is CCNc1ncccc1Cn1cc(Br)cc(Br)c1=O. The van der Waals surface area contributed by atoms with E-state index in [1.807, 2.05) is 19.1 Å². The van der Waals surface area contributed by atoms with Crippen LogP contribution in [0.4, 0.5) is 5.82 Å². The van der Waals surface area contributed by atoms with Crippen molar-refractivity contribution in [2.75, 3.05) is 11.9 Å². The Balaban J connectivity index is 2.39. The molecule has 6 heteroatoms. The molecular formula is C13H13Br2N3O. The summed E-state index contributed by atoms with van der Waals surface area (Å²) in [6, 6.07) is 5.58. The number of nitrogens with one attached hydrogen (secondary N) is 1. The fourth-order valence-electron chi connectivity index (χ4n) is 1.76. The molecule has 0 saturated carbocycles. The second kappa shape index (κ2) is 6.34. The smallest absolute Gasteiger partial charge is 0.265 e. The Kier molecular flexibility index (Phi) is 4.76. The summed E-state index contributed by atoms with van der Waals surface area (Å²) in [4.78, 5) is 16.3. The number of halogens is 2. The van der Waals surface area contributed by atoms with Gasteiger partial charge in [0.05, 0.1) is 11.0 Å². The van der Waals surface area contributed by atoms with Crippen LogP contribution >= 0.6 is 31.9 Å². The topological polar surface area (TPSA) is 46.9 Å². The van der Waals surface area contributed by atoms with Crippen molar-refractivity contribution in [1.82, 2.24) is 9.55 Å². The maximum atomic E-state index is 12.0. The van der Waals surface area contributed by atoms with Gasteiger partial charge in [0.15, 0.2) is 0 Å². The minimum Gasteiger partial charge on any atom is -0.370 e. The third-order valence-electron chi connectivity index (χ3n) is 2.59. The van der Waals surface area contributed by atoms with E-state index in [0.29, 0.717) is 11.0 Å². The summed E-state index contributed by atoms with van der Waals surface area (Å²) in [6.07, 6.45) is 3.51. The van der Waals surface area contributed by atoms with Crippen molar-refractivity contribution in [3.63, 3.8) is 0 Å². The average molecular weight is 387 g/mol. The molecule has 0 aliphatic rings. The Morgan fingerprint density at radius 1 is 1.42 bits per heavy atom. The third kappa shape index (κ3) is 3.45. The predicted molar refractivity (Wildman–Crippen MR) is 83.6 cm³/mol. The van der Waals surface area contributed by atoms with Gasteiger partial charge in [-0.2, -0.15) is 0 Å². The van der Waals surface area contributed by atoms with E-state index in [1.165, 1.54) is 0 Å². The van der Waals surface area contributed by atoms with Crippen LogP contribution in [0.15, 0.2) is 44.3 Å². The Bertz CT molecular complexity index is 640. The highest BCUT2D eigenvalue weighted by Gasteiger charge is 2.07. The van der Waals surface area contributed by atoms with Crippen molar-refractivity contribution in [1.29, 1.82) is 0 Å². The van der Waals surface area contributed by atoms with Crippen LogP contribution < -0.4 is 10.9 Å². The van der Waals surface area contributed by atoms with E-state index in [2.05, 4.69) is 42.2 Å². The lowest BCUT2D eigenvalue weighted by Crippen LogP contribution is -2.21. The second-order valence-electron chi connectivity index (χ2n) is 3.98. The molecule has 1 N–H and O–H groups in total. The number of rotatable bonds is 4. The van der Waals surface area contributed by atoms with Gasteiger partial charge in [-0.05, 0) is 50.9 Å². The fourth-order valence-corrected chi connectivity index (χ4v) is 3.02. The van der Waals surface area contributed by atoms with Gasteiger partial charge < -0.3 is 9.88 Å². The average Bonchev–Trinajstić information content (AvgIpc) is 2.38. The lowest BCUT2D eigenvalue weighted by molar-refractivity contribution is 0.749. The van der Waals surface area contributed by atoms with Crippen LogP contribution in [0.3, 0.4) is 0 Å². The lowest BCUT2D eigenvalue weighted by atomic mass is 10.2. The van der Waals surface area contributed by atoms with Crippen molar-refractivity contribution in [2.24, 2.45) is 0 Å². The second-order valence-corrected chi connectivity index (χ2v) is 5.75. The van der Waals surface area contributed by atoms with Crippen LogP contribution in [-0.4, -0.2) is 16.1 Å². The highest BCUT2D eigenvalue weighted by Crippen LogP contribution is 2.16. The molecule has 0 amide bonds. The molecule has 0 bridgehead atoms. The molecule has 0 unspecified atom stereocenters. The Labute approximate surface area is 128 Å². The number of pyridine rings is 2. The minimum absolute atomic E-state index is 0.0606. The van der Waals surface area contributed by atoms with E-state index in [9.17, 15) is 4.79 Å². The van der Waals surface area contributed by atoms with Crippen LogP contribution in [0.5, 0.6) is 0 Å². The van der Waals surface area contributed by atoms with E-state index >= 15 is 0 Å². The summed E-state index contributed by atoms with van der Waals surface area (Å²) in [5.74, 6) is 0.813. The van der Waals surface area contributed by atoms with E-state index in [-0.39, 0.29) is 5.56 Å². The molecule has 19 heavy (non-hydrogen) atoms. The first-order valence-corrected chi connectivity index (χ1v) is 7.43. The largest absolute Gasteiger partial charge is 0.370 e. The molecule has 2 heterocycles. The summed E-state index contributed by atoms with van der Waals surface area (Å²) in [5, 5.41) is 3.20. The number of hydrogen-bond acceptors (Lipinski definition) is 3. The molecule has 4 nitrogen and oxygen atoms in total. The van der Waals surface area contributed by atoms with Gasteiger partial charge in [0, 0.05) is 29.0 Å². The molecule has 2 aromatic heterocycles. The van der Waals surface area contributed by atoms with Gasteiger partial charge in [-0.1, -0.05) is 6.07 Å². The van der Waals surface area contributed by atoms with E-state index in [0.717, 1.165) is 22.4 Å². The van der Waals surface area contributed by atoms with Gasteiger partial charge in [-0.3, -0.25) is 4.79 Å². The molecule has 0 radical (unpaired) electrons. The van der Waals surface area contributed by atoms with Crippen molar-refractivity contribution >= 4 is 37.7 Å². The summed E-state index contributed by atoms with van der Waals surface area (Å²) in [5.41, 5.74) is 0.922. The van der Waals surface area contributed by atoms with E-state index in [4.69, 9.17) is 0 Å². The third-order valence-corrected chi connectivity index (χ3v) is 3.59. The Hall–Kier alpha value is -1.14. The van der Waals surface area contributed by atoms with E-state index in [1.54, 1.807) is 23.0 Å². The maximum Gasteiger partial charge on any atom is 0.265 e. The fraction of sp³-hybridized carbons (Fsp3) is 0.231. The van der Waals surface area contributed by atoms with Gasteiger partial charge in [0.2, 0.25) is 0 Å². The molecule has 0 atom stereocenters.